The summed E-state index contributed by atoms with van der Waals surface area (Å²) in [6, 6.07) is 5.52. The summed E-state index contributed by atoms with van der Waals surface area (Å²) in [6.45, 7) is 2.14. The van der Waals surface area contributed by atoms with Crippen LogP contribution in [0.3, 0.4) is 0 Å². The maximum absolute atomic E-state index is 10.3. The minimum Gasteiger partial charge on any atom is -0.328 e. The lowest BCUT2D eigenvalue weighted by atomic mass is 10.1. The zero-order chi connectivity index (χ0) is 10.4. The van der Waals surface area contributed by atoms with Gasteiger partial charge in [0.25, 0.3) is 0 Å². The van der Waals surface area contributed by atoms with Crippen LogP contribution in [-0.4, -0.2) is 6.41 Å². The van der Waals surface area contributed by atoms with Crippen LogP contribution in [0.15, 0.2) is 18.2 Å². The van der Waals surface area contributed by atoms with Gasteiger partial charge in [-0.1, -0.05) is 24.9 Å². The second-order valence-corrected chi connectivity index (χ2v) is 3.60. The van der Waals surface area contributed by atoms with Gasteiger partial charge in [-0.2, -0.15) is 0 Å². The molecular formula is C11H14ClNO. The molecule has 0 fully saturated rings. The number of halogens is 1. The van der Waals surface area contributed by atoms with E-state index in [1.807, 2.05) is 12.1 Å². The third-order valence-corrected chi connectivity index (χ3v) is 2.32. The first-order valence-electron chi connectivity index (χ1n) is 4.76. The fourth-order valence-corrected chi connectivity index (χ4v) is 1.54. The molecule has 3 heteroatoms. The van der Waals surface area contributed by atoms with E-state index in [0.717, 1.165) is 30.5 Å². The SMILES string of the molecule is CCCCc1cc(Cl)ccc1NC=O. The van der Waals surface area contributed by atoms with Crippen molar-refractivity contribution in [2.75, 3.05) is 5.32 Å². The molecule has 1 amide bonds. The molecule has 0 saturated heterocycles. The van der Waals surface area contributed by atoms with Gasteiger partial charge >= 0.3 is 0 Å². The van der Waals surface area contributed by atoms with Gasteiger partial charge in [-0.25, -0.2) is 0 Å². The standard InChI is InChI=1S/C11H14ClNO/c1-2-3-4-9-7-10(12)5-6-11(9)13-8-14/h5-8H,2-4H2,1H3,(H,13,14). The number of benzene rings is 1. The number of carbonyl (C=O) groups is 1. The predicted octanol–water partition coefficient (Wildman–Crippen LogP) is 3.25. The van der Waals surface area contributed by atoms with Crippen molar-refractivity contribution in [3.8, 4) is 0 Å². The number of anilines is 1. The molecule has 0 aliphatic heterocycles. The van der Waals surface area contributed by atoms with Gasteiger partial charge in [0, 0.05) is 10.7 Å². The van der Waals surface area contributed by atoms with Gasteiger partial charge in [0.15, 0.2) is 0 Å². The Kier molecular flexibility index (Phi) is 4.47. The van der Waals surface area contributed by atoms with E-state index >= 15 is 0 Å². The summed E-state index contributed by atoms with van der Waals surface area (Å²) in [5.41, 5.74) is 1.96. The molecule has 14 heavy (non-hydrogen) atoms. The minimum atomic E-state index is 0.693. The van der Waals surface area contributed by atoms with Crippen molar-refractivity contribution in [3.63, 3.8) is 0 Å². The van der Waals surface area contributed by atoms with Gasteiger partial charge in [0.2, 0.25) is 6.41 Å². The van der Waals surface area contributed by atoms with Crippen molar-refractivity contribution in [1.82, 2.24) is 0 Å². The number of hydrogen-bond donors (Lipinski definition) is 1. The van der Waals surface area contributed by atoms with E-state index in [4.69, 9.17) is 11.6 Å². The average Bonchev–Trinajstić information content (AvgIpc) is 2.18. The van der Waals surface area contributed by atoms with E-state index < -0.39 is 0 Å². The molecule has 0 unspecified atom stereocenters. The Morgan fingerprint density at radius 1 is 1.50 bits per heavy atom. The van der Waals surface area contributed by atoms with Crippen LogP contribution in [0.25, 0.3) is 0 Å². The maximum Gasteiger partial charge on any atom is 0.211 e. The lowest BCUT2D eigenvalue weighted by Gasteiger charge is -2.07. The zero-order valence-electron chi connectivity index (χ0n) is 8.22. The van der Waals surface area contributed by atoms with Gasteiger partial charge in [-0.05, 0) is 36.6 Å². The smallest absolute Gasteiger partial charge is 0.211 e. The highest BCUT2D eigenvalue weighted by atomic mass is 35.5. The van der Waals surface area contributed by atoms with Crippen molar-refractivity contribution in [1.29, 1.82) is 0 Å². The first-order chi connectivity index (χ1) is 6.77. The van der Waals surface area contributed by atoms with Crippen molar-refractivity contribution in [2.24, 2.45) is 0 Å². The Bertz CT molecular complexity index is 312. The molecule has 0 bridgehead atoms. The van der Waals surface area contributed by atoms with Crippen LogP contribution in [0, 0.1) is 0 Å². The summed E-state index contributed by atoms with van der Waals surface area (Å²) >= 11 is 5.88. The Hall–Kier alpha value is -1.02. The molecule has 0 radical (unpaired) electrons. The number of carbonyl (C=O) groups excluding carboxylic acids is 1. The fourth-order valence-electron chi connectivity index (χ4n) is 1.34. The van der Waals surface area contributed by atoms with Crippen molar-refractivity contribution < 1.29 is 4.79 Å². The van der Waals surface area contributed by atoms with Gasteiger partial charge in [-0.15, -0.1) is 0 Å². The second-order valence-electron chi connectivity index (χ2n) is 3.17. The van der Waals surface area contributed by atoms with E-state index in [0.29, 0.717) is 11.4 Å². The summed E-state index contributed by atoms with van der Waals surface area (Å²) in [5, 5.41) is 3.39. The molecule has 76 valence electrons. The van der Waals surface area contributed by atoms with E-state index in [-0.39, 0.29) is 0 Å². The van der Waals surface area contributed by atoms with E-state index in [1.54, 1.807) is 6.07 Å². The zero-order valence-corrected chi connectivity index (χ0v) is 8.97. The number of rotatable bonds is 5. The monoisotopic (exact) mass is 211 g/mol. The average molecular weight is 212 g/mol. The number of hydrogen-bond acceptors (Lipinski definition) is 1. The first kappa shape index (κ1) is 11.1. The Labute approximate surface area is 89.3 Å². The number of unbranched alkanes of at least 4 members (excludes halogenated alkanes) is 1. The highest BCUT2D eigenvalue weighted by molar-refractivity contribution is 6.30. The third kappa shape index (κ3) is 3.04. The lowest BCUT2D eigenvalue weighted by Crippen LogP contribution is -1.98. The summed E-state index contributed by atoms with van der Waals surface area (Å²) < 4.78 is 0. The normalized spacial score (nSPS) is 9.86. The topological polar surface area (TPSA) is 29.1 Å². The van der Waals surface area contributed by atoms with Gasteiger partial charge in [0.1, 0.15) is 0 Å². The number of nitrogens with one attached hydrogen (secondary N) is 1. The third-order valence-electron chi connectivity index (χ3n) is 2.08. The largest absolute Gasteiger partial charge is 0.328 e. The highest BCUT2D eigenvalue weighted by Gasteiger charge is 2.01. The van der Waals surface area contributed by atoms with Crippen LogP contribution in [0.4, 0.5) is 5.69 Å². The molecule has 0 aromatic heterocycles. The maximum atomic E-state index is 10.3. The van der Waals surface area contributed by atoms with Gasteiger partial charge in [0.05, 0.1) is 0 Å². The molecule has 0 heterocycles. The van der Waals surface area contributed by atoms with Crippen LogP contribution < -0.4 is 5.32 Å². The quantitative estimate of drug-likeness (QED) is 0.745. The number of amides is 1. The molecule has 1 aromatic rings. The molecule has 0 spiro atoms. The summed E-state index contributed by atoms with van der Waals surface area (Å²) in [4.78, 5) is 10.3. The van der Waals surface area contributed by atoms with Crippen LogP contribution in [0.2, 0.25) is 5.02 Å². The molecule has 1 aromatic carbocycles. The first-order valence-corrected chi connectivity index (χ1v) is 5.14. The second kappa shape index (κ2) is 5.66. The Balaban J connectivity index is 2.84. The summed E-state index contributed by atoms with van der Waals surface area (Å²) in [7, 11) is 0. The van der Waals surface area contributed by atoms with Crippen LogP contribution in [0.5, 0.6) is 0 Å². The highest BCUT2D eigenvalue weighted by Crippen LogP contribution is 2.21. The molecule has 0 atom stereocenters. The fraction of sp³-hybridized carbons (Fsp3) is 0.364. The molecule has 0 aliphatic carbocycles. The van der Waals surface area contributed by atoms with Gasteiger partial charge in [-0.3, -0.25) is 4.79 Å². The molecular weight excluding hydrogens is 198 g/mol. The van der Waals surface area contributed by atoms with E-state index in [9.17, 15) is 4.79 Å². The molecule has 2 nitrogen and oxygen atoms in total. The minimum absolute atomic E-state index is 0.693. The predicted molar refractivity (Wildman–Crippen MR) is 59.8 cm³/mol. The van der Waals surface area contributed by atoms with Crippen LogP contribution in [-0.2, 0) is 11.2 Å². The van der Waals surface area contributed by atoms with E-state index in [2.05, 4.69) is 12.2 Å². The van der Waals surface area contributed by atoms with Crippen LogP contribution in [0.1, 0.15) is 25.3 Å². The molecule has 0 aliphatic rings. The van der Waals surface area contributed by atoms with Crippen molar-refractivity contribution >= 4 is 23.7 Å². The van der Waals surface area contributed by atoms with Gasteiger partial charge < -0.3 is 5.32 Å². The molecule has 1 rings (SSSR count). The van der Waals surface area contributed by atoms with Crippen LogP contribution >= 0.6 is 11.6 Å². The Morgan fingerprint density at radius 2 is 2.29 bits per heavy atom. The summed E-state index contributed by atoms with van der Waals surface area (Å²) in [6.07, 6.45) is 3.88. The number of aryl methyl sites for hydroxylation is 1. The van der Waals surface area contributed by atoms with Crippen molar-refractivity contribution in [3.05, 3.63) is 28.8 Å². The van der Waals surface area contributed by atoms with E-state index in [1.165, 1.54) is 0 Å². The molecule has 1 N–H and O–H groups in total. The molecule has 0 saturated carbocycles. The summed E-state index contributed by atoms with van der Waals surface area (Å²) in [5.74, 6) is 0. The van der Waals surface area contributed by atoms with Crippen molar-refractivity contribution in [2.45, 2.75) is 26.2 Å². The Morgan fingerprint density at radius 3 is 2.93 bits per heavy atom. The lowest BCUT2D eigenvalue weighted by molar-refractivity contribution is -0.105.